The maximum atomic E-state index is 12.2. The van der Waals surface area contributed by atoms with Crippen molar-refractivity contribution in [2.45, 2.75) is 12.8 Å². The van der Waals surface area contributed by atoms with Crippen molar-refractivity contribution >= 4 is 30.1 Å². The van der Waals surface area contributed by atoms with Crippen LogP contribution in [0.2, 0.25) is 0 Å². The van der Waals surface area contributed by atoms with Gasteiger partial charge in [-0.1, -0.05) is 30.3 Å². The van der Waals surface area contributed by atoms with E-state index in [1.54, 1.807) is 30.3 Å². The number of ketones is 1. The summed E-state index contributed by atoms with van der Waals surface area (Å²) in [5.74, 6) is -2.43. The van der Waals surface area contributed by atoms with Crippen LogP contribution in [0.15, 0.2) is 30.3 Å². The van der Waals surface area contributed by atoms with E-state index in [1.807, 2.05) is 0 Å². The molecular weight excluding hydrogens is 291 g/mol. The molecule has 0 unspecified atom stereocenters. The lowest BCUT2D eigenvalue weighted by atomic mass is 9.49. The molecule has 2 aliphatic rings. The van der Waals surface area contributed by atoms with Gasteiger partial charge in [-0.05, 0) is 0 Å². The average Bonchev–Trinajstić information content (AvgIpc) is 2.97. The maximum Gasteiger partial charge on any atom is 0.662 e. The molecule has 112 valence electrons. The van der Waals surface area contributed by atoms with Crippen molar-refractivity contribution in [1.29, 1.82) is 0 Å². The third-order valence-electron chi connectivity index (χ3n) is 3.63. The van der Waals surface area contributed by atoms with E-state index >= 15 is 0 Å². The fraction of sp³-hybridized carbons (Fsp3) is 0.214. The Hall–Kier alpha value is -2.77. The number of ether oxygens (including phenoxy) is 1. The summed E-state index contributed by atoms with van der Waals surface area (Å²) in [6.45, 7) is -3.38. The lowest BCUT2D eigenvalue weighted by Gasteiger charge is -2.22. The average molecular weight is 302 g/mol. The highest BCUT2D eigenvalue weighted by atomic mass is 16.7. The highest BCUT2D eigenvalue weighted by molar-refractivity contribution is 7.03. The molecule has 0 aromatic heterocycles. The zero-order chi connectivity index (χ0) is 15.7. The van der Waals surface area contributed by atoms with Gasteiger partial charge < -0.3 is 14.0 Å². The highest BCUT2D eigenvalue weighted by Crippen LogP contribution is 2.41. The second-order valence-electron chi connectivity index (χ2n) is 5.10. The van der Waals surface area contributed by atoms with Gasteiger partial charge in [-0.15, -0.1) is 0 Å². The smallest absolute Gasteiger partial charge is 0.606 e. The molecule has 8 heteroatoms. The lowest BCUT2D eigenvalue weighted by molar-refractivity contribution is -0.138. The molecule has 2 fully saturated rings. The Bertz CT molecular complexity index is 634. The largest absolute Gasteiger partial charge is 0.662 e. The molecule has 22 heavy (non-hydrogen) atoms. The van der Waals surface area contributed by atoms with Gasteiger partial charge in [0.25, 0.3) is 5.87 Å². The molecule has 2 heterocycles. The molecule has 2 saturated heterocycles. The fourth-order valence-electron chi connectivity index (χ4n) is 2.56. The van der Waals surface area contributed by atoms with Gasteiger partial charge in [-0.25, -0.2) is 0 Å². The summed E-state index contributed by atoms with van der Waals surface area (Å²) in [5, 5.41) is 0. The van der Waals surface area contributed by atoms with E-state index in [4.69, 9.17) is 14.0 Å². The van der Waals surface area contributed by atoms with Gasteiger partial charge in [0, 0.05) is 11.4 Å². The van der Waals surface area contributed by atoms with Crippen LogP contribution >= 0.6 is 0 Å². The molecule has 0 N–H and O–H groups in total. The first kappa shape index (κ1) is 14.2. The monoisotopic (exact) mass is 302 g/mol. The molecule has 0 amide bonds. The Morgan fingerprint density at radius 3 is 2.27 bits per heavy atom. The van der Waals surface area contributed by atoms with Gasteiger partial charge in [-0.3, -0.25) is 19.2 Å². The van der Waals surface area contributed by atoms with Crippen LogP contribution in [0.25, 0.3) is 0 Å². The van der Waals surface area contributed by atoms with Crippen LogP contribution in [0.5, 0.6) is 0 Å². The second-order valence-corrected chi connectivity index (χ2v) is 5.10. The van der Waals surface area contributed by atoms with Crippen molar-refractivity contribution in [2.75, 3.05) is 6.61 Å². The molecule has 0 spiro atoms. The molecule has 0 aliphatic carbocycles. The van der Waals surface area contributed by atoms with Crippen LogP contribution in [0, 0.1) is 5.82 Å². The number of benzene rings is 1. The molecule has 2 aliphatic heterocycles. The van der Waals surface area contributed by atoms with E-state index < -0.39 is 36.7 Å². The minimum atomic E-state index is -2.86. The van der Waals surface area contributed by atoms with Gasteiger partial charge in [0.15, 0.2) is 12.4 Å². The predicted octanol–water partition coefficient (Wildman–Crippen LogP) is 1.04. The summed E-state index contributed by atoms with van der Waals surface area (Å²) in [6, 6.07) is 8.29. The summed E-state index contributed by atoms with van der Waals surface area (Å²) >= 11 is 0. The number of hydrogen-bond donors (Lipinski definition) is 0. The SMILES string of the molecule is O=C1C[C+]2CC(=O)O[B-]2(C(=O)OCC(=O)c2ccccc2)O1. The molecule has 0 saturated carbocycles. The minimum Gasteiger partial charge on any atom is -0.606 e. The Morgan fingerprint density at radius 2 is 1.68 bits per heavy atom. The van der Waals surface area contributed by atoms with E-state index in [2.05, 4.69) is 0 Å². The number of Topliss-reactive ketones (excluding diaryl/α,β-unsaturated/α-hetero) is 1. The van der Waals surface area contributed by atoms with Crippen molar-refractivity contribution < 1.29 is 33.2 Å². The number of carbonyl (C=O) groups excluding carboxylic acids is 4. The van der Waals surface area contributed by atoms with Crippen LogP contribution in [0.1, 0.15) is 23.2 Å². The van der Waals surface area contributed by atoms with Crippen LogP contribution in [0.4, 0.5) is 4.79 Å². The summed E-state index contributed by atoms with van der Waals surface area (Å²) in [4.78, 5) is 46.7. The molecule has 3 rings (SSSR count). The van der Waals surface area contributed by atoms with Gasteiger partial charge in [0.2, 0.25) is 0 Å². The third kappa shape index (κ3) is 2.32. The van der Waals surface area contributed by atoms with E-state index in [1.165, 1.54) is 0 Å². The molecule has 7 nitrogen and oxygen atoms in total. The molecular formula is C14H11BO7. The van der Waals surface area contributed by atoms with E-state index in [9.17, 15) is 19.2 Å². The number of rotatable bonds is 4. The van der Waals surface area contributed by atoms with Crippen molar-refractivity contribution in [3.8, 4) is 0 Å². The van der Waals surface area contributed by atoms with Crippen molar-refractivity contribution in [1.82, 2.24) is 0 Å². The van der Waals surface area contributed by atoms with E-state index in [-0.39, 0.29) is 18.7 Å². The Morgan fingerprint density at radius 1 is 1.09 bits per heavy atom. The first-order valence-corrected chi connectivity index (χ1v) is 6.69. The van der Waals surface area contributed by atoms with Gasteiger partial charge >= 0.3 is 18.5 Å². The predicted molar refractivity (Wildman–Crippen MR) is 72.5 cm³/mol. The van der Waals surface area contributed by atoms with Gasteiger partial charge in [0.1, 0.15) is 12.8 Å². The first-order valence-electron chi connectivity index (χ1n) is 6.69. The fourth-order valence-corrected chi connectivity index (χ4v) is 2.56. The molecule has 0 bridgehead atoms. The highest BCUT2D eigenvalue weighted by Gasteiger charge is 2.71. The Labute approximate surface area is 125 Å². The van der Waals surface area contributed by atoms with Crippen molar-refractivity contribution in [3.63, 3.8) is 0 Å². The first-order chi connectivity index (χ1) is 10.5. The Kier molecular flexibility index (Phi) is 3.36. The maximum absolute atomic E-state index is 12.2. The quantitative estimate of drug-likeness (QED) is 0.465. The Balaban J connectivity index is 1.68. The van der Waals surface area contributed by atoms with Gasteiger partial charge in [-0.2, -0.15) is 0 Å². The van der Waals surface area contributed by atoms with E-state index in [0.29, 0.717) is 5.56 Å². The van der Waals surface area contributed by atoms with Crippen LogP contribution in [-0.4, -0.2) is 36.7 Å². The summed E-state index contributed by atoms with van der Waals surface area (Å²) < 4.78 is 14.7. The summed E-state index contributed by atoms with van der Waals surface area (Å²) in [6.07, 6.45) is -0.291. The number of hydrogen-bond acceptors (Lipinski definition) is 7. The zero-order valence-electron chi connectivity index (χ0n) is 11.4. The number of fused-ring (bicyclic) bond motifs is 1. The van der Waals surface area contributed by atoms with Gasteiger partial charge in [0.05, 0.1) is 0 Å². The lowest BCUT2D eigenvalue weighted by Crippen LogP contribution is -2.50. The summed E-state index contributed by atoms with van der Waals surface area (Å²) in [5.41, 5.74) is 0.385. The zero-order valence-corrected chi connectivity index (χ0v) is 11.4. The number of carbonyl (C=O) groups is 4. The topological polar surface area (TPSA) is 96.0 Å². The van der Waals surface area contributed by atoms with Crippen LogP contribution in [0.3, 0.4) is 0 Å². The van der Waals surface area contributed by atoms with Crippen LogP contribution < -0.4 is 0 Å². The van der Waals surface area contributed by atoms with Crippen LogP contribution in [-0.2, 0) is 23.6 Å². The van der Waals surface area contributed by atoms with Crippen molar-refractivity contribution in [3.05, 3.63) is 41.7 Å². The van der Waals surface area contributed by atoms with E-state index in [0.717, 1.165) is 0 Å². The molecule has 0 radical (unpaired) electrons. The third-order valence-corrected chi connectivity index (χ3v) is 3.63. The summed E-state index contributed by atoms with van der Waals surface area (Å²) in [7, 11) is 0. The molecule has 1 aromatic rings. The molecule has 0 atom stereocenters. The normalized spacial score (nSPS) is 18.5. The molecule has 1 aromatic carbocycles. The van der Waals surface area contributed by atoms with Crippen molar-refractivity contribution in [2.24, 2.45) is 0 Å². The standard InChI is InChI=1S/C14H11BO7/c16-11(9-4-2-1-3-5-9)8-20-14(19)15-10(6-12(17)21-15)7-13(18)22-15/h1-5H,6-8H2. The second kappa shape index (κ2) is 5.21. The minimum absolute atomic E-state index is 0.145.